The number of imidazole rings is 1. The Balaban J connectivity index is 1.93. The number of anilines is 1. The number of amides is 1. The van der Waals surface area contributed by atoms with Crippen molar-refractivity contribution in [2.45, 2.75) is 14.7 Å². The third-order valence-corrected chi connectivity index (χ3v) is 5.67. The zero-order valence-corrected chi connectivity index (χ0v) is 15.1. The number of hydrogen-bond acceptors (Lipinski definition) is 5. The quantitative estimate of drug-likeness (QED) is 0.754. The first-order valence-electron chi connectivity index (χ1n) is 7.17. The summed E-state index contributed by atoms with van der Waals surface area (Å²) in [6.45, 7) is 0. The molecule has 1 aromatic carbocycles. The van der Waals surface area contributed by atoms with Gasteiger partial charge in [0.25, 0.3) is 0 Å². The molecular weight excluding hydrogens is 362 g/mol. The minimum Gasteiger partial charge on any atom is -0.453 e. The number of carbonyl (C=O) groups excluding carboxylic acids is 1. The summed E-state index contributed by atoms with van der Waals surface area (Å²) in [6, 6.07) is 10.3. The number of hydrogen-bond donors (Lipinski definition) is 1. The molecule has 0 radical (unpaired) electrons. The van der Waals surface area contributed by atoms with Crippen molar-refractivity contribution < 1.29 is 17.9 Å². The van der Waals surface area contributed by atoms with Gasteiger partial charge in [-0.1, -0.05) is 6.07 Å². The van der Waals surface area contributed by atoms with Gasteiger partial charge in [-0.2, -0.15) is 0 Å². The van der Waals surface area contributed by atoms with Crippen LogP contribution in [0.3, 0.4) is 0 Å². The fourth-order valence-corrected chi connectivity index (χ4v) is 3.95. The van der Waals surface area contributed by atoms with Gasteiger partial charge >= 0.3 is 6.09 Å². The standard InChI is InChI=1S/C16H15N3O4S2/c1-23-16(20)18-14-10-19-9-13(6-7-15(19)17-14)25(22)12-5-3-4-11(8-12)24(2)21/h3-10H,1-2H3,(H,18,20). The molecule has 2 unspecified atom stereocenters. The number of pyridine rings is 1. The van der Waals surface area contributed by atoms with E-state index in [-0.39, 0.29) is 0 Å². The van der Waals surface area contributed by atoms with Crippen LogP contribution in [0.1, 0.15) is 0 Å². The highest BCUT2D eigenvalue weighted by atomic mass is 32.2. The number of aromatic nitrogens is 2. The molecule has 2 atom stereocenters. The zero-order chi connectivity index (χ0) is 18.0. The molecule has 0 saturated heterocycles. The van der Waals surface area contributed by atoms with Gasteiger partial charge in [0.15, 0.2) is 5.82 Å². The Hall–Kier alpha value is -2.52. The van der Waals surface area contributed by atoms with E-state index < -0.39 is 27.7 Å². The van der Waals surface area contributed by atoms with Gasteiger partial charge in [-0.25, -0.2) is 14.0 Å². The van der Waals surface area contributed by atoms with Crippen LogP contribution in [-0.2, 0) is 26.3 Å². The molecule has 3 aromatic rings. The number of benzene rings is 1. The molecule has 3 rings (SSSR count). The molecule has 2 aromatic heterocycles. The van der Waals surface area contributed by atoms with Gasteiger partial charge in [0.2, 0.25) is 0 Å². The molecule has 0 aliphatic rings. The van der Waals surface area contributed by atoms with Crippen LogP contribution in [0.2, 0.25) is 0 Å². The normalized spacial score (nSPS) is 13.4. The molecule has 130 valence electrons. The lowest BCUT2D eigenvalue weighted by Crippen LogP contribution is -2.10. The van der Waals surface area contributed by atoms with Crippen LogP contribution in [0.5, 0.6) is 0 Å². The molecule has 2 heterocycles. The Bertz CT molecular complexity index is 1000. The van der Waals surface area contributed by atoms with Crippen LogP contribution < -0.4 is 5.32 Å². The highest BCUT2D eigenvalue weighted by molar-refractivity contribution is 7.85. The van der Waals surface area contributed by atoms with E-state index in [1.165, 1.54) is 7.11 Å². The van der Waals surface area contributed by atoms with Gasteiger partial charge < -0.3 is 9.14 Å². The topological polar surface area (TPSA) is 89.8 Å². The molecule has 0 fully saturated rings. The van der Waals surface area contributed by atoms with E-state index in [4.69, 9.17) is 0 Å². The zero-order valence-electron chi connectivity index (χ0n) is 13.5. The average molecular weight is 377 g/mol. The van der Waals surface area contributed by atoms with Crippen molar-refractivity contribution in [1.29, 1.82) is 0 Å². The first kappa shape index (κ1) is 17.3. The molecule has 1 amide bonds. The van der Waals surface area contributed by atoms with Crippen molar-refractivity contribution in [3.05, 3.63) is 48.8 Å². The van der Waals surface area contributed by atoms with Crippen LogP contribution in [0.25, 0.3) is 5.65 Å². The van der Waals surface area contributed by atoms with E-state index >= 15 is 0 Å². The first-order chi connectivity index (χ1) is 12.0. The molecule has 0 aliphatic heterocycles. The van der Waals surface area contributed by atoms with Crippen molar-refractivity contribution in [3.8, 4) is 0 Å². The van der Waals surface area contributed by atoms with E-state index in [1.54, 1.807) is 59.4 Å². The number of carbonyl (C=O) groups is 1. The van der Waals surface area contributed by atoms with Crippen LogP contribution >= 0.6 is 0 Å². The Morgan fingerprint density at radius 2 is 1.88 bits per heavy atom. The van der Waals surface area contributed by atoms with E-state index in [1.807, 2.05) is 0 Å². The summed E-state index contributed by atoms with van der Waals surface area (Å²) >= 11 is 0. The number of nitrogens with one attached hydrogen (secondary N) is 1. The highest BCUT2D eigenvalue weighted by Gasteiger charge is 2.12. The minimum atomic E-state index is -1.43. The fraction of sp³-hybridized carbons (Fsp3) is 0.125. The molecule has 0 saturated carbocycles. The van der Waals surface area contributed by atoms with E-state index in [2.05, 4.69) is 15.0 Å². The van der Waals surface area contributed by atoms with Crippen LogP contribution in [0.4, 0.5) is 10.6 Å². The average Bonchev–Trinajstić information content (AvgIpc) is 3.02. The molecule has 25 heavy (non-hydrogen) atoms. The molecule has 0 bridgehead atoms. The van der Waals surface area contributed by atoms with Crippen LogP contribution in [0.15, 0.2) is 63.5 Å². The summed E-state index contributed by atoms with van der Waals surface area (Å²) in [5.41, 5.74) is 0.593. The second-order valence-electron chi connectivity index (χ2n) is 5.07. The first-order valence-corrected chi connectivity index (χ1v) is 9.87. The van der Waals surface area contributed by atoms with Crippen molar-refractivity contribution in [2.24, 2.45) is 0 Å². The third-order valence-electron chi connectivity index (χ3n) is 3.41. The number of nitrogens with zero attached hydrogens (tertiary/aromatic N) is 2. The lowest BCUT2D eigenvalue weighted by atomic mass is 10.4. The van der Waals surface area contributed by atoms with Gasteiger partial charge in [-0.05, 0) is 30.3 Å². The lowest BCUT2D eigenvalue weighted by molar-refractivity contribution is 0.187. The van der Waals surface area contributed by atoms with E-state index in [0.717, 1.165) is 0 Å². The predicted molar refractivity (Wildman–Crippen MR) is 94.7 cm³/mol. The van der Waals surface area contributed by atoms with Gasteiger partial charge in [0.1, 0.15) is 5.65 Å². The summed E-state index contributed by atoms with van der Waals surface area (Å²) in [4.78, 5) is 17.2. The van der Waals surface area contributed by atoms with Crippen LogP contribution in [-0.4, -0.2) is 37.3 Å². The smallest absolute Gasteiger partial charge is 0.412 e. The van der Waals surface area contributed by atoms with Crippen LogP contribution in [0, 0.1) is 0 Å². The van der Waals surface area contributed by atoms with Crippen molar-refractivity contribution in [1.82, 2.24) is 9.38 Å². The maximum atomic E-state index is 12.8. The summed E-state index contributed by atoms with van der Waals surface area (Å²) in [5.74, 6) is 0.332. The van der Waals surface area contributed by atoms with Gasteiger partial charge in [-0.3, -0.25) is 9.53 Å². The molecular formula is C16H15N3O4S2. The summed E-state index contributed by atoms with van der Waals surface area (Å²) < 4.78 is 30.6. The monoisotopic (exact) mass is 377 g/mol. The summed E-state index contributed by atoms with van der Waals surface area (Å²) in [7, 11) is -1.30. The van der Waals surface area contributed by atoms with Gasteiger partial charge in [0.05, 0.1) is 29.0 Å². The number of fused-ring (bicyclic) bond motifs is 1. The maximum absolute atomic E-state index is 12.8. The second-order valence-corrected chi connectivity index (χ2v) is 7.93. The number of methoxy groups -OCH3 is 1. The van der Waals surface area contributed by atoms with E-state index in [9.17, 15) is 13.2 Å². The highest BCUT2D eigenvalue weighted by Crippen LogP contribution is 2.20. The lowest BCUT2D eigenvalue weighted by Gasteiger charge is -2.05. The fourth-order valence-electron chi connectivity index (χ4n) is 2.20. The summed E-state index contributed by atoms with van der Waals surface area (Å²) in [6.07, 6.45) is 4.24. The Morgan fingerprint density at radius 1 is 1.12 bits per heavy atom. The number of rotatable bonds is 4. The SMILES string of the molecule is COC(=O)Nc1cn2cc(S(=O)c3cccc(S(C)=O)c3)ccc2n1. The third kappa shape index (κ3) is 3.77. The molecule has 7 nitrogen and oxygen atoms in total. The Labute approximate surface area is 148 Å². The summed E-state index contributed by atoms with van der Waals surface area (Å²) in [5, 5.41) is 2.48. The molecule has 0 spiro atoms. The van der Waals surface area contributed by atoms with Crippen molar-refractivity contribution in [3.63, 3.8) is 0 Å². The minimum absolute atomic E-state index is 0.332. The van der Waals surface area contributed by atoms with Crippen molar-refractivity contribution in [2.75, 3.05) is 18.7 Å². The van der Waals surface area contributed by atoms with Crippen molar-refractivity contribution >= 4 is 39.2 Å². The van der Waals surface area contributed by atoms with E-state index in [0.29, 0.717) is 26.2 Å². The maximum Gasteiger partial charge on any atom is 0.412 e. The Kier molecular flexibility index (Phi) is 4.95. The second kappa shape index (κ2) is 7.16. The molecule has 0 aliphatic carbocycles. The molecule has 9 heteroatoms. The predicted octanol–water partition coefficient (Wildman–Crippen LogP) is 2.42. The van der Waals surface area contributed by atoms with Gasteiger partial charge in [-0.15, -0.1) is 0 Å². The molecule has 1 N–H and O–H groups in total. The van der Waals surface area contributed by atoms with Gasteiger partial charge in [0, 0.05) is 33.0 Å². The largest absolute Gasteiger partial charge is 0.453 e. The number of ether oxygens (including phenoxy) is 1. The Morgan fingerprint density at radius 3 is 2.60 bits per heavy atom.